The van der Waals surface area contributed by atoms with Crippen molar-refractivity contribution in [2.45, 2.75) is 25.8 Å². The van der Waals surface area contributed by atoms with E-state index >= 15 is 0 Å². The summed E-state index contributed by atoms with van der Waals surface area (Å²) < 4.78 is 0. The van der Waals surface area contributed by atoms with E-state index in [0.29, 0.717) is 12.6 Å². The topological polar surface area (TPSA) is 87.5 Å². The Balaban J connectivity index is 2.04. The van der Waals surface area contributed by atoms with Gasteiger partial charge in [0.2, 0.25) is 11.8 Å². The molecule has 6 heteroatoms. The summed E-state index contributed by atoms with van der Waals surface area (Å²) in [6, 6.07) is 0.717. The number of amides is 2. The smallest absolute Gasteiger partial charge is 0.239 e. The van der Waals surface area contributed by atoms with Gasteiger partial charge in [0, 0.05) is 19.1 Å². The van der Waals surface area contributed by atoms with Gasteiger partial charge < -0.3 is 16.4 Å². The molecule has 0 spiro atoms. The van der Waals surface area contributed by atoms with Crippen molar-refractivity contribution in [3.63, 3.8) is 0 Å². The van der Waals surface area contributed by atoms with Crippen LogP contribution in [-0.2, 0) is 9.59 Å². The molecule has 6 nitrogen and oxygen atoms in total. The average molecular weight is 242 g/mol. The number of nitrogens with two attached hydrogens (primary N) is 1. The molecule has 17 heavy (non-hydrogen) atoms. The lowest BCUT2D eigenvalue weighted by Crippen LogP contribution is -2.42. The maximum absolute atomic E-state index is 11.3. The van der Waals surface area contributed by atoms with Gasteiger partial charge in [0.15, 0.2) is 0 Å². The van der Waals surface area contributed by atoms with E-state index in [4.69, 9.17) is 5.73 Å². The zero-order chi connectivity index (χ0) is 12.7. The molecule has 1 rings (SSSR count). The summed E-state index contributed by atoms with van der Waals surface area (Å²) in [5, 5.41) is 5.20. The highest BCUT2D eigenvalue weighted by Gasteiger charge is 2.27. The normalized spacial score (nSPS) is 14.8. The van der Waals surface area contributed by atoms with E-state index in [9.17, 15) is 9.59 Å². The Morgan fingerprint density at radius 2 is 2.00 bits per heavy atom. The van der Waals surface area contributed by atoms with Crippen LogP contribution in [0.15, 0.2) is 0 Å². The summed E-state index contributed by atoms with van der Waals surface area (Å²) in [6.07, 6.45) is 2.54. The number of nitrogens with zero attached hydrogens (tertiary/aromatic N) is 1. The molecule has 0 atom stereocenters. The van der Waals surface area contributed by atoms with Crippen LogP contribution >= 0.6 is 0 Å². The van der Waals surface area contributed by atoms with Crippen molar-refractivity contribution >= 4 is 11.8 Å². The van der Waals surface area contributed by atoms with Gasteiger partial charge in [-0.2, -0.15) is 0 Å². The molecule has 1 saturated carbocycles. The molecule has 2 amide bonds. The minimum absolute atomic E-state index is 0.00554. The van der Waals surface area contributed by atoms with Crippen LogP contribution in [0.4, 0.5) is 0 Å². The molecule has 98 valence electrons. The first-order chi connectivity index (χ1) is 8.17. The van der Waals surface area contributed by atoms with Gasteiger partial charge in [-0.1, -0.05) is 6.92 Å². The summed E-state index contributed by atoms with van der Waals surface area (Å²) in [7, 11) is 0. The van der Waals surface area contributed by atoms with Crippen molar-refractivity contribution in [1.29, 1.82) is 0 Å². The first-order valence-corrected chi connectivity index (χ1v) is 6.14. The van der Waals surface area contributed by atoms with E-state index in [1.165, 1.54) is 12.8 Å². The van der Waals surface area contributed by atoms with E-state index in [-0.39, 0.29) is 24.9 Å². The Kier molecular flexibility index (Phi) is 5.93. The highest BCUT2D eigenvalue weighted by atomic mass is 16.2. The molecule has 1 aliphatic carbocycles. The Morgan fingerprint density at radius 3 is 2.53 bits per heavy atom. The summed E-state index contributed by atoms with van der Waals surface area (Å²) in [5.74, 6) is -0.480. The molecule has 1 aliphatic rings. The first-order valence-electron chi connectivity index (χ1n) is 6.14. The van der Waals surface area contributed by atoms with E-state index in [0.717, 1.165) is 13.1 Å². The maximum Gasteiger partial charge on any atom is 0.239 e. The lowest BCUT2D eigenvalue weighted by molar-refractivity contribution is -0.125. The van der Waals surface area contributed by atoms with Crippen molar-refractivity contribution < 1.29 is 9.59 Å². The number of carbonyl (C=O) groups is 2. The quantitative estimate of drug-likeness (QED) is 0.492. The fourth-order valence-electron chi connectivity index (χ4n) is 1.69. The number of likely N-dealkylation sites (N-methyl/N-ethyl adjacent to an activating group) is 1. The minimum Gasteiger partial charge on any atom is -0.353 e. The molecule has 4 N–H and O–H groups in total. The molecule has 0 aromatic carbocycles. The van der Waals surface area contributed by atoms with Crippen LogP contribution in [0.25, 0.3) is 0 Å². The van der Waals surface area contributed by atoms with Gasteiger partial charge in [0.05, 0.1) is 13.1 Å². The molecule has 0 heterocycles. The Hall–Kier alpha value is -1.14. The SMILES string of the molecule is CCN(CCNC(=O)CNC(=O)CN)C1CC1. The Morgan fingerprint density at radius 1 is 1.29 bits per heavy atom. The predicted molar refractivity (Wildman–Crippen MR) is 65.3 cm³/mol. The lowest BCUT2D eigenvalue weighted by atomic mass is 10.4. The average Bonchev–Trinajstić information content (AvgIpc) is 3.15. The van der Waals surface area contributed by atoms with Crippen LogP contribution in [0, 0.1) is 0 Å². The molecule has 1 fully saturated rings. The highest BCUT2D eigenvalue weighted by Crippen LogP contribution is 2.25. The summed E-state index contributed by atoms with van der Waals surface area (Å²) in [6.45, 7) is 4.57. The summed E-state index contributed by atoms with van der Waals surface area (Å²) in [5.41, 5.74) is 5.11. The van der Waals surface area contributed by atoms with Crippen LogP contribution in [-0.4, -0.2) is 55.5 Å². The van der Waals surface area contributed by atoms with Crippen LogP contribution < -0.4 is 16.4 Å². The molecule has 0 bridgehead atoms. The molecule has 0 aromatic heterocycles. The summed E-state index contributed by atoms with van der Waals surface area (Å²) in [4.78, 5) is 24.5. The minimum atomic E-state index is -0.312. The molecular formula is C11H22N4O2. The predicted octanol–water partition coefficient (Wildman–Crippen LogP) is -1.34. The largest absolute Gasteiger partial charge is 0.353 e. The van der Waals surface area contributed by atoms with Crippen molar-refractivity contribution in [3.8, 4) is 0 Å². The third-order valence-electron chi connectivity index (χ3n) is 2.82. The molecule has 0 aliphatic heterocycles. The maximum atomic E-state index is 11.3. The van der Waals surface area contributed by atoms with Crippen LogP contribution in [0.3, 0.4) is 0 Å². The van der Waals surface area contributed by atoms with Gasteiger partial charge in [-0.3, -0.25) is 14.5 Å². The van der Waals surface area contributed by atoms with Crippen molar-refractivity contribution in [2.75, 3.05) is 32.7 Å². The lowest BCUT2D eigenvalue weighted by Gasteiger charge is -2.19. The van der Waals surface area contributed by atoms with Gasteiger partial charge in [0.1, 0.15) is 0 Å². The molecule has 0 unspecified atom stereocenters. The van der Waals surface area contributed by atoms with Gasteiger partial charge >= 0.3 is 0 Å². The standard InChI is InChI=1S/C11H22N4O2/c1-2-15(9-3-4-9)6-5-13-11(17)8-14-10(16)7-12/h9H,2-8,12H2,1H3,(H,13,17)(H,14,16). The van der Waals surface area contributed by atoms with Crippen molar-refractivity contribution in [2.24, 2.45) is 5.73 Å². The third kappa shape index (κ3) is 5.65. The zero-order valence-corrected chi connectivity index (χ0v) is 10.4. The number of hydrogen-bond acceptors (Lipinski definition) is 4. The second kappa shape index (κ2) is 7.24. The fourth-order valence-corrected chi connectivity index (χ4v) is 1.69. The Labute approximate surface area is 102 Å². The number of nitrogens with one attached hydrogen (secondary N) is 2. The van der Waals surface area contributed by atoms with E-state index in [1.54, 1.807) is 0 Å². The Bertz CT molecular complexity index is 266. The van der Waals surface area contributed by atoms with E-state index in [1.807, 2.05) is 0 Å². The molecule has 0 aromatic rings. The van der Waals surface area contributed by atoms with Crippen molar-refractivity contribution in [1.82, 2.24) is 15.5 Å². The van der Waals surface area contributed by atoms with Crippen LogP contribution in [0.5, 0.6) is 0 Å². The van der Waals surface area contributed by atoms with Gasteiger partial charge in [-0.15, -0.1) is 0 Å². The fraction of sp³-hybridized carbons (Fsp3) is 0.818. The van der Waals surface area contributed by atoms with E-state index < -0.39 is 0 Å². The van der Waals surface area contributed by atoms with Gasteiger partial charge in [-0.05, 0) is 19.4 Å². The summed E-state index contributed by atoms with van der Waals surface area (Å²) >= 11 is 0. The van der Waals surface area contributed by atoms with Crippen molar-refractivity contribution in [3.05, 3.63) is 0 Å². The molecule has 0 radical (unpaired) electrons. The van der Waals surface area contributed by atoms with Crippen LogP contribution in [0.1, 0.15) is 19.8 Å². The highest BCUT2D eigenvalue weighted by molar-refractivity contribution is 5.85. The monoisotopic (exact) mass is 242 g/mol. The number of rotatable bonds is 8. The number of hydrogen-bond donors (Lipinski definition) is 3. The molecular weight excluding hydrogens is 220 g/mol. The van der Waals surface area contributed by atoms with E-state index in [2.05, 4.69) is 22.5 Å². The second-order valence-corrected chi connectivity index (χ2v) is 4.19. The first kappa shape index (κ1) is 13.9. The third-order valence-corrected chi connectivity index (χ3v) is 2.82. The zero-order valence-electron chi connectivity index (χ0n) is 10.4. The van der Waals surface area contributed by atoms with Gasteiger partial charge in [0.25, 0.3) is 0 Å². The number of carbonyl (C=O) groups excluding carboxylic acids is 2. The second-order valence-electron chi connectivity index (χ2n) is 4.19. The van der Waals surface area contributed by atoms with Gasteiger partial charge in [-0.25, -0.2) is 0 Å². The van der Waals surface area contributed by atoms with Crippen LogP contribution in [0.2, 0.25) is 0 Å². The molecule has 0 saturated heterocycles.